The normalized spacial score (nSPS) is 15.7. The molecule has 0 atom stereocenters. The third-order valence-corrected chi connectivity index (χ3v) is 3.64. The van der Waals surface area contributed by atoms with Crippen molar-refractivity contribution in [3.8, 4) is 0 Å². The van der Waals surface area contributed by atoms with Crippen LogP contribution in [0.15, 0.2) is 11.6 Å². The molecule has 3 nitrogen and oxygen atoms in total. The van der Waals surface area contributed by atoms with Crippen LogP contribution in [0.5, 0.6) is 0 Å². The number of carbonyl (C=O) groups excluding carboxylic acids is 1. The molecule has 0 fully saturated rings. The van der Waals surface area contributed by atoms with Gasteiger partial charge in [0.25, 0.3) is 0 Å². The highest BCUT2D eigenvalue weighted by Gasteiger charge is 2.04. The Morgan fingerprint density at radius 2 is 2.38 bits per heavy atom. The summed E-state index contributed by atoms with van der Waals surface area (Å²) < 4.78 is 0. The number of amides is 1. The quantitative estimate of drug-likeness (QED) is 0.527. The van der Waals surface area contributed by atoms with Crippen LogP contribution in [0.2, 0.25) is 0 Å². The van der Waals surface area contributed by atoms with Crippen molar-refractivity contribution >= 4 is 17.7 Å². The fourth-order valence-corrected chi connectivity index (χ4v) is 2.39. The van der Waals surface area contributed by atoms with Gasteiger partial charge in [0, 0.05) is 18.8 Å². The SMILES string of the molecule is NCCSCC(=O)NCCC1=CCCCC1. The molecule has 0 heterocycles. The highest BCUT2D eigenvalue weighted by atomic mass is 32.2. The minimum Gasteiger partial charge on any atom is -0.355 e. The number of allylic oxidation sites excluding steroid dienone is 1. The summed E-state index contributed by atoms with van der Waals surface area (Å²) in [7, 11) is 0. The zero-order valence-electron chi connectivity index (χ0n) is 9.84. The molecule has 0 aromatic heterocycles. The largest absolute Gasteiger partial charge is 0.355 e. The minimum atomic E-state index is 0.134. The van der Waals surface area contributed by atoms with E-state index in [1.807, 2.05) is 0 Å². The zero-order valence-corrected chi connectivity index (χ0v) is 10.7. The predicted octanol–water partition coefficient (Wildman–Crippen LogP) is 1.68. The van der Waals surface area contributed by atoms with Gasteiger partial charge in [0.15, 0.2) is 0 Å². The lowest BCUT2D eigenvalue weighted by molar-refractivity contribution is -0.118. The van der Waals surface area contributed by atoms with E-state index in [4.69, 9.17) is 5.73 Å². The van der Waals surface area contributed by atoms with Gasteiger partial charge in [-0.2, -0.15) is 11.8 Å². The summed E-state index contributed by atoms with van der Waals surface area (Å²) >= 11 is 1.60. The van der Waals surface area contributed by atoms with Gasteiger partial charge in [0.1, 0.15) is 0 Å². The standard InChI is InChI=1S/C12H22N2OS/c13-7-9-16-10-12(15)14-8-6-11-4-2-1-3-5-11/h4H,1-3,5-10,13H2,(H,14,15). The maximum Gasteiger partial charge on any atom is 0.230 e. The predicted molar refractivity (Wildman–Crippen MR) is 70.6 cm³/mol. The lowest BCUT2D eigenvalue weighted by Gasteiger charge is -2.12. The number of hydrogen-bond donors (Lipinski definition) is 2. The maximum absolute atomic E-state index is 11.4. The number of nitrogens with two attached hydrogens (primary N) is 1. The fourth-order valence-electron chi connectivity index (χ4n) is 1.79. The number of thioether (sulfide) groups is 1. The molecule has 0 aliphatic heterocycles. The molecule has 0 saturated carbocycles. The Labute approximate surface area is 102 Å². The first-order valence-corrected chi connectivity index (χ1v) is 7.21. The summed E-state index contributed by atoms with van der Waals surface area (Å²) in [6.45, 7) is 1.43. The van der Waals surface area contributed by atoms with Crippen molar-refractivity contribution in [2.24, 2.45) is 5.73 Å². The van der Waals surface area contributed by atoms with Crippen LogP contribution in [0.4, 0.5) is 0 Å². The Morgan fingerprint density at radius 1 is 1.50 bits per heavy atom. The minimum absolute atomic E-state index is 0.134. The lowest BCUT2D eigenvalue weighted by Crippen LogP contribution is -2.27. The highest BCUT2D eigenvalue weighted by Crippen LogP contribution is 2.19. The van der Waals surface area contributed by atoms with Crippen LogP contribution in [-0.2, 0) is 4.79 Å². The molecule has 1 aliphatic rings. The molecule has 4 heteroatoms. The van der Waals surface area contributed by atoms with Crippen LogP contribution in [0.25, 0.3) is 0 Å². The van der Waals surface area contributed by atoms with Crippen molar-refractivity contribution in [3.05, 3.63) is 11.6 Å². The molecule has 0 aromatic rings. The van der Waals surface area contributed by atoms with Gasteiger partial charge in [-0.15, -0.1) is 0 Å². The molecule has 92 valence electrons. The van der Waals surface area contributed by atoms with Crippen LogP contribution in [0, 0.1) is 0 Å². The van der Waals surface area contributed by atoms with E-state index in [1.54, 1.807) is 11.8 Å². The van der Waals surface area contributed by atoms with Gasteiger partial charge in [0.05, 0.1) is 5.75 Å². The first kappa shape index (κ1) is 13.6. The molecular formula is C12H22N2OS. The molecule has 16 heavy (non-hydrogen) atoms. The lowest BCUT2D eigenvalue weighted by atomic mass is 9.97. The van der Waals surface area contributed by atoms with Crippen molar-refractivity contribution in [2.45, 2.75) is 32.1 Å². The molecule has 0 aromatic carbocycles. The van der Waals surface area contributed by atoms with E-state index >= 15 is 0 Å². The molecule has 0 saturated heterocycles. The van der Waals surface area contributed by atoms with Gasteiger partial charge >= 0.3 is 0 Å². The second-order valence-corrected chi connectivity index (χ2v) is 5.15. The van der Waals surface area contributed by atoms with Gasteiger partial charge in [-0.25, -0.2) is 0 Å². The Balaban J connectivity index is 2.01. The third-order valence-electron chi connectivity index (χ3n) is 2.65. The van der Waals surface area contributed by atoms with Gasteiger partial charge in [0.2, 0.25) is 5.91 Å². The molecule has 0 unspecified atom stereocenters. The first-order valence-electron chi connectivity index (χ1n) is 6.05. The van der Waals surface area contributed by atoms with Crippen molar-refractivity contribution < 1.29 is 4.79 Å². The van der Waals surface area contributed by atoms with Crippen LogP contribution in [0.1, 0.15) is 32.1 Å². The average Bonchev–Trinajstić information content (AvgIpc) is 2.31. The van der Waals surface area contributed by atoms with Crippen molar-refractivity contribution in [2.75, 3.05) is 24.6 Å². The Hall–Kier alpha value is -0.480. The molecule has 0 spiro atoms. The molecular weight excluding hydrogens is 220 g/mol. The van der Waals surface area contributed by atoms with E-state index in [0.29, 0.717) is 12.3 Å². The number of carbonyl (C=O) groups is 1. The van der Waals surface area contributed by atoms with Gasteiger partial charge in [-0.1, -0.05) is 11.6 Å². The monoisotopic (exact) mass is 242 g/mol. The molecule has 3 N–H and O–H groups in total. The number of rotatable bonds is 7. The van der Waals surface area contributed by atoms with Crippen LogP contribution < -0.4 is 11.1 Å². The van der Waals surface area contributed by atoms with Crippen molar-refractivity contribution in [1.82, 2.24) is 5.32 Å². The van der Waals surface area contributed by atoms with E-state index in [-0.39, 0.29) is 5.91 Å². The fraction of sp³-hybridized carbons (Fsp3) is 0.750. The van der Waals surface area contributed by atoms with E-state index < -0.39 is 0 Å². The van der Waals surface area contributed by atoms with Crippen molar-refractivity contribution in [3.63, 3.8) is 0 Å². The van der Waals surface area contributed by atoms with Gasteiger partial charge < -0.3 is 11.1 Å². The summed E-state index contributed by atoms with van der Waals surface area (Å²) in [6, 6.07) is 0. The Morgan fingerprint density at radius 3 is 3.06 bits per heavy atom. The van der Waals surface area contributed by atoms with E-state index in [2.05, 4.69) is 11.4 Å². The summed E-state index contributed by atoms with van der Waals surface area (Å²) in [5.74, 6) is 1.53. The smallest absolute Gasteiger partial charge is 0.230 e. The van der Waals surface area contributed by atoms with E-state index in [0.717, 1.165) is 18.7 Å². The first-order chi connectivity index (χ1) is 7.83. The van der Waals surface area contributed by atoms with Crippen molar-refractivity contribution in [1.29, 1.82) is 0 Å². The van der Waals surface area contributed by atoms with Crippen LogP contribution in [-0.4, -0.2) is 30.5 Å². The molecule has 0 radical (unpaired) electrons. The van der Waals surface area contributed by atoms with E-state index in [9.17, 15) is 4.79 Å². The number of nitrogens with one attached hydrogen (secondary N) is 1. The second kappa shape index (κ2) is 8.65. The summed E-state index contributed by atoms with van der Waals surface area (Å²) in [6.07, 6.45) is 8.43. The average molecular weight is 242 g/mol. The van der Waals surface area contributed by atoms with Gasteiger partial charge in [-0.3, -0.25) is 4.79 Å². The summed E-state index contributed by atoms with van der Waals surface area (Å²) in [5.41, 5.74) is 6.87. The van der Waals surface area contributed by atoms with E-state index in [1.165, 1.54) is 31.3 Å². The summed E-state index contributed by atoms with van der Waals surface area (Å²) in [5, 5.41) is 2.95. The molecule has 1 rings (SSSR count). The zero-order chi connectivity index (χ0) is 11.6. The molecule has 1 amide bonds. The molecule has 0 bridgehead atoms. The Kier molecular flexibility index (Phi) is 7.34. The highest BCUT2D eigenvalue weighted by molar-refractivity contribution is 7.99. The summed E-state index contributed by atoms with van der Waals surface area (Å²) in [4.78, 5) is 11.4. The second-order valence-electron chi connectivity index (χ2n) is 4.05. The Bertz CT molecular complexity index is 241. The van der Waals surface area contributed by atoms with Crippen LogP contribution >= 0.6 is 11.8 Å². The number of hydrogen-bond acceptors (Lipinski definition) is 3. The third kappa shape index (κ3) is 6.18. The maximum atomic E-state index is 11.4. The van der Waals surface area contributed by atoms with Gasteiger partial charge in [-0.05, 0) is 32.1 Å². The van der Waals surface area contributed by atoms with Crippen LogP contribution in [0.3, 0.4) is 0 Å². The molecule has 1 aliphatic carbocycles. The topological polar surface area (TPSA) is 55.1 Å².